The number of imide groups is 1. The van der Waals surface area contributed by atoms with Gasteiger partial charge in [0.25, 0.3) is 5.91 Å². The fraction of sp³-hybridized carbons (Fsp3) is 0.148. The first-order chi connectivity index (χ1) is 16.6. The molecule has 4 aromatic rings. The third kappa shape index (κ3) is 4.34. The highest BCUT2D eigenvalue weighted by Gasteiger charge is 2.30. The van der Waals surface area contributed by atoms with Gasteiger partial charge in [0.2, 0.25) is 11.8 Å². The molecule has 34 heavy (non-hydrogen) atoms. The molecule has 0 saturated carbocycles. The molecule has 3 amide bonds. The van der Waals surface area contributed by atoms with Crippen LogP contribution in [0.4, 0.5) is 5.69 Å². The van der Waals surface area contributed by atoms with Crippen molar-refractivity contribution in [3.05, 3.63) is 84.4 Å². The average Bonchev–Trinajstić information content (AvgIpc) is 3.41. The standard InChI is InChI=1S/C27H23N3O3S/c31-23-14-15-24(32)30(23)20-12-10-19(11-13-20)27(33)28-16-17-34-26-21-8-4-5-9-22(21)29-25(26)18-6-2-1-3-7-18/h1-13,29H,14-17H2,(H,28,33). The van der Waals surface area contributed by atoms with Gasteiger partial charge in [-0.25, -0.2) is 0 Å². The number of thioether (sulfide) groups is 1. The Kier molecular flexibility index (Phi) is 6.18. The molecule has 170 valence electrons. The summed E-state index contributed by atoms with van der Waals surface area (Å²) in [5.74, 6) is 0.119. The molecule has 0 atom stereocenters. The molecule has 1 aliphatic heterocycles. The van der Waals surface area contributed by atoms with E-state index in [0.717, 1.165) is 16.8 Å². The Morgan fingerprint density at radius 1 is 0.882 bits per heavy atom. The molecule has 2 heterocycles. The molecule has 0 bridgehead atoms. The second-order valence-electron chi connectivity index (χ2n) is 8.01. The Morgan fingerprint density at radius 2 is 1.56 bits per heavy atom. The average molecular weight is 470 g/mol. The topological polar surface area (TPSA) is 82.3 Å². The van der Waals surface area contributed by atoms with Crippen molar-refractivity contribution in [2.45, 2.75) is 17.7 Å². The Morgan fingerprint density at radius 3 is 2.29 bits per heavy atom. The molecule has 1 aromatic heterocycles. The minimum Gasteiger partial charge on any atom is -0.354 e. The first-order valence-electron chi connectivity index (χ1n) is 11.1. The van der Waals surface area contributed by atoms with Crippen molar-refractivity contribution in [1.29, 1.82) is 0 Å². The molecule has 5 rings (SSSR count). The number of nitrogens with one attached hydrogen (secondary N) is 2. The van der Waals surface area contributed by atoms with Crippen molar-refractivity contribution in [2.75, 3.05) is 17.2 Å². The number of aromatic amines is 1. The molecule has 0 aliphatic carbocycles. The lowest BCUT2D eigenvalue weighted by Crippen LogP contribution is -2.29. The van der Waals surface area contributed by atoms with Gasteiger partial charge in [0, 0.05) is 46.5 Å². The predicted octanol–water partition coefficient (Wildman–Crippen LogP) is 5.01. The van der Waals surface area contributed by atoms with Crippen molar-refractivity contribution >= 4 is 46.1 Å². The molecule has 0 radical (unpaired) electrons. The first-order valence-corrected chi connectivity index (χ1v) is 12.1. The largest absolute Gasteiger partial charge is 0.354 e. The maximum atomic E-state index is 12.6. The monoisotopic (exact) mass is 469 g/mol. The lowest BCUT2D eigenvalue weighted by Gasteiger charge is -2.14. The number of carbonyl (C=O) groups excluding carboxylic acids is 3. The van der Waals surface area contributed by atoms with E-state index in [-0.39, 0.29) is 30.6 Å². The lowest BCUT2D eigenvalue weighted by atomic mass is 10.1. The quantitative estimate of drug-likeness (QED) is 0.226. The zero-order valence-corrected chi connectivity index (χ0v) is 19.2. The van der Waals surface area contributed by atoms with Crippen molar-refractivity contribution in [1.82, 2.24) is 10.3 Å². The van der Waals surface area contributed by atoms with Gasteiger partial charge in [-0.1, -0.05) is 48.5 Å². The van der Waals surface area contributed by atoms with Crippen LogP contribution in [0.25, 0.3) is 22.2 Å². The predicted molar refractivity (Wildman–Crippen MR) is 135 cm³/mol. The van der Waals surface area contributed by atoms with E-state index in [1.165, 1.54) is 15.2 Å². The summed E-state index contributed by atoms with van der Waals surface area (Å²) in [6.45, 7) is 0.502. The van der Waals surface area contributed by atoms with Gasteiger partial charge in [0.1, 0.15) is 0 Å². The Balaban J connectivity index is 1.23. The highest BCUT2D eigenvalue weighted by Crippen LogP contribution is 2.37. The van der Waals surface area contributed by atoms with E-state index in [1.807, 2.05) is 30.3 Å². The Hall–Kier alpha value is -3.84. The lowest BCUT2D eigenvalue weighted by molar-refractivity contribution is -0.121. The van der Waals surface area contributed by atoms with Crippen LogP contribution in [0.2, 0.25) is 0 Å². The number of nitrogens with zero attached hydrogens (tertiary/aromatic N) is 1. The minimum absolute atomic E-state index is 0.187. The van der Waals surface area contributed by atoms with Gasteiger partial charge < -0.3 is 10.3 Å². The van der Waals surface area contributed by atoms with Gasteiger partial charge >= 0.3 is 0 Å². The summed E-state index contributed by atoms with van der Waals surface area (Å²) >= 11 is 1.71. The molecule has 6 nitrogen and oxygen atoms in total. The van der Waals surface area contributed by atoms with E-state index >= 15 is 0 Å². The number of carbonyl (C=O) groups is 3. The molecule has 0 unspecified atom stereocenters. The number of rotatable bonds is 7. The van der Waals surface area contributed by atoms with E-state index in [0.29, 0.717) is 23.5 Å². The molecular formula is C27H23N3O3S. The number of fused-ring (bicyclic) bond motifs is 1. The molecule has 1 fully saturated rings. The number of aromatic nitrogens is 1. The number of anilines is 1. The highest BCUT2D eigenvalue weighted by atomic mass is 32.2. The summed E-state index contributed by atoms with van der Waals surface area (Å²) in [5, 5.41) is 4.12. The van der Waals surface area contributed by atoms with Crippen molar-refractivity contribution < 1.29 is 14.4 Å². The normalized spacial score (nSPS) is 13.6. The number of hydrogen-bond acceptors (Lipinski definition) is 4. The summed E-state index contributed by atoms with van der Waals surface area (Å²) in [7, 11) is 0. The Labute approximate surface area is 201 Å². The highest BCUT2D eigenvalue weighted by molar-refractivity contribution is 7.99. The van der Waals surface area contributed by atoms with Gasteiger partial charge in [-0.2, -0.15) is 0 Å². The van der Waals surface area contributed by atoms with Crippen molar-refractivity contribution in [3.8, 4) is 11.3 Å². The van der Waals surface area contributed by atoms with Crippen LogP contribution in [0.15, 0.2) is 83.8 Å². The molecule has 7 heteroatoms. The second kappa shape index (κ2) is 9.57. The number of amides is 3. The van der Waals surface area contributed by atoms with Crippen molar-refractivity contribution in [3.63, 3.8) is 0 Å². The van der Waals surface area contributed by atoms with Gasteiger partial charge in [0.15, 0.2) is 0 Å². The van der Waals surface area contributed by atoms with Crippen LogP contribution in [0.5, 0.6) is 0 Å². The van der Waals surface area contributed by atoms with E-state index in [4.69, 9.17) is 0 Å². The summed E-state index contributed by atoms with van der Waals surface area (Å²) in [6, 6.07) is 25.0. The number of H-pyrrole nitrogens is 1. The van der Waals surface area contributed by atoms with Crippen LogP contribution in [0.1, 0.15) is 23.2 Å². The number of hydrogen-bond donors (Lipinski definition) is 2. The molecule has 1 aliphatic rings. The summed E-state index contributed by atoms with van der Waals surface area (Å²) in [6.07, 6.45) is 0.475. The number of benzene rings is 3. The van der Waals surface area contributed by atoms with Crippen LogP contribution in [-0.2, 0) is 9.59 Å². The van der Waals surface area contributed by atoms with Gasteiger partial charge in [0.05, 0.1) is 11.4 Å². The van der Waals surface area contributed by atoms with Crippen LogP contribution >= 0.6 is 11.8 Å². The Bertz CT molecular complexity index is 1350. The molecule has 0 spiro atoms. The third-order valence-corrected chi connectivity index (χ3v) is 6.92. The molecular weight excluding hydrogens is 446 g/mol. The van der Waals surface area contributed by atoms with Crippen LogP contribution < -0.4 is 10.2 Å². The second-order valence-corrected chi connectivity index (χ2v) is 9.12. The van der Waals surface area contributed by atoms with Crippen LogP contribution in [-0.4, -0.2) is 35.0 Å². The molecule has 1 saturated heterocycles. The maximum Gasteiger partial charge on any atom is 0.251 e. The third-order valence-electron chi connectivity index (χ3n) is 5.79. The summed E-state index contributed by atoms with van der Waals surface area (Å²) in [4.78, 5) is 42.3. The molecule has 2 N–H and O–H groups in total. The fourth-order valence-corrected chi connectivity index (χ4v) is 5.18. The minimum atomic E-state index is -0.202. The maximum absolute atomic E-state index is 12.6. The SMILES string of the molecule is O=C(NCCSc1c(-c2ccccc2)[nH]c2ccccc12)c1ccc(N2C(=O)CCC2=O)cc1. The van der Waals surface area contributed by atoms with Gasteiger partial charge in [-0.15, -0.1) is 11.8 Å². The van der Waals surface area contributed by atoms with Crippen LogP contribution in [0.3, 0.4) is 0 Å². The van der Waals surface area contributed by atoms with E-state index in [9.17, 15) is 14.4 Å². The first kappa shape index (κ1) is 22.0. The van der Waals surface area contributed by atoms with Crippen LogP contribution in [0, 0.1) is 0 Å². The van der Waals surface area contributed by atoms with Crippen molar-refractivity contribution in [2.24, 2.45) is 0 Å². The number of para-hydroxylation sites is 1. The zero-order valence-electron chi connectivity index (χ0n) is 18.4. The van der Waals surface area contributed by atoms with E-state index in [1.54, 1.807) is 36.0 Å². The van der Waals surface area contributed by atoms with Gasteiger partial charge in [-0.05, 0) is 35.9 Å². The summed E-state index contributed by atoms with van der Waals surface area (Å²) < 4.78 is 0. The molecule has 3 aromatic carbocycles. The van der Waals surface area contributed by atoms with E-state index in [2.05, 4.69) is 34.6 Å². The van der Waals surface area contributed by atoms with E-state index < -0.39 is 0 Å². The zero-order chi connectivity index (χ0) is 23.5. The van der Waals surface area contributed by atoms with Gasteiger partial charge in [-0.3, -0.25) is 19.3 Å². The summed E-state index contributed by atoms with van der Waals surface area (Å²) in [5.41, 5.74) is 4.29. The fourth-order valence-electron chi connectivity index (χ4n) is 4.12. The smallest absolute Gasteiger partial charge is 0.251 e.